The minimum absolute atomic E-state index is 0.0572. The summed E-state index contributed by atoms with van der Waals surface area (Å²) in [5.74, 6) is 2.03. The van der Waals surface area contributed by atoms with Crippen molar-refractivity contribution in [2.24, 2.45) is 23.2 Å². The van der Waals surface area contributed by atoms with Crippen molar-refractivity contribution < 1.29 is 26.5 Å². The van der Waals surface area contributed by atoms with E-state index in [1.54, 1.807) is 0 Å². The van der Waals surface area contributed by atoms with Crippen molar-refractivity contribution in [2.45, 2.75) is 56.8 Å². The maximum atomic E-state index is 13.5. The van der Waals surface area contributed by atoms with Gasteiger partial charge in [-0.3, -0.25) is 4.55 Å². The van der Waals surface area contributed by atoms with E-state index in [4.69, 9.17) is 9.29 Å². The van der Waals surface area contributed by atoms with Crippen LogP contribution in [-0.4, -0.2) is 30.9 Å². The van der Waals surface area contributed by atoms with Crippen molar-refractivity contribution in [2.75, 3.05) is 6.61 Å². The zero-order valence-corrected chi connectivity index (χ0v) is 12.9. The molecule has 0 saturated heterocycles. The van der Waals surface area contributed by atoms with Gasteiger partial charge in [-0.1, -0.05) is 0 Å². The highest BCUT2D eigenvalue weighted by Gasteiger charge is 2.54. The average molecular weight is 324 g/mol. The highest BCUT2D eigenvalue weighted by atomic mass is 32.2. The summed E-state index contributed by atoms with van der Waals surface area (Å²) in [7, 11) is -5.44. The molecule has 0 aromatic rings. The summed E-state index contributed by atoms with van der Waals surface area (Å²) in [6, 6.07) is 0. The number of hydrogen-bond donors (Lipinski definition) is 1. The molecular weight excluding hydrogens is 302 g/mol. The third-order valence-electron chi connectivity index (χ3n) is 5.62. The highest BCUT2D eigenvalue weighted by molar-refractivity contribution is 7.86. The molecule has 1 N–H and O–H groups in total. The van der Waals surface area contributed by atoms with E-state index >= 15 is 0 Å². The van der Waals surface area contributed by atoms with E-state index in [1.807, 2.05) is 0 Å². The molecule has 122 valence electrons. The molecule has 7 heteroatoms. The van der Waals surface area contributed by atoms with E-state index in [0.29, 0.717) is 17.8 Å². The summed E-state index contributed by atoms with van der Waals surface area (Å²) < 4.78 is 62.4. The average Bonchev–Trinajstić information content (AvgIpc) is 2.32. The lowest BCUT2D eigenvalue weighted by Crippen LogP contribution is -2.50. The van der Waals surface area contributed by atoms with Gasteiger partial charge in [0.2, 0.25) is 0 Å². The zero-order valence-electron chi connectivity index (χ0n) is 12.1. The third kappa shape index (κ3) is 2.72. The van der Waals surface area contributed by atoms with Crippen LogP contribution in [0.2, 0.25) is 0 Å². The Bertz CT molecular complexity index is 482. The van der Waals surface area contributed by atoms with Crippen LogP contribution in [0.15, 0.2) is 0 Å². The Kier molecular flexibility index (Phi) is 3.62. The van der Waals surface area contributed by atoms with Gasteiger partial charge in [0.15, 0.2) is 0 Å². The first-order valence-corrected chi connectivity index (χ1v) is 9.02. The largest absolute Gasteiger partial charge is 0.394 e. The first-order valence-electron chi connectivity index (χ1n) is 7.58. The van der Waals surface area contributed by atoms with E-state index in [2.05, 4.69) is 0 Å². The van der Waals surface area contributed by atoms with Crippen LogP contribution >= 0.6 is 0 Å². The summed E-state index contributed by atoms with van der Waals surface area (Å²) >= 11 is 0. The van der Waals surface area contributed by atoms with Crippen molar-refractivity contribution in [1.82, 2.24) is 0 Å². The second-order valence-electron chi connectivity index (χ2n) is 7.41. The summed E-state index contributed by atoms with van der Waals surface area (Å²) in [5.41, 5.74) is -0.0572. The number of halogens is 2. The highest BCUT2D eigenvalue weighted by Crippen LogP contribution is 2.60. The molecule has 4 aliphatic carbocycles. The molecule has 4 aliphatic rings. The van der Waals surface area contributed by atoms with Crippen molar-refractivity contribution in [3.05, 3.63) is 0 Å². The molecule has 0 spiro atoms. The minimum Gasteiger partial charge on any atom is -0.370 e. The van der Waals surface area contributed by atoms with E-state index < -0.39 is 21.5 Å². The van der Waals surface area contributed by atoms with Crippen LogP contribution in [0.5, 0.6) is 0 Å². The van der Waals surface area contributed by atoms with Crippen LogP contribution in [-0.2, 0) is 14.9 Å². The van der Waals surface area contributed by atoms with Crippen molar-refractivity contribution in [1.29, 1.82) is 0 Å². The molecular formula is C14H22F2O4S. The first-order chi connectivity index (χ1) is 9.61. The molecule has 0 aliphatic heterocycles. The second-order valence-corrected chi connectivity index (χ2v) is 8.90. The summed E-state index contributed by atoms with van der Waals surface area (Å²) in [6.45, 7) is 1.18. The van der Waals surface area contributed by atoms with Crippen LogP contribution in [0.4, 0.5) is 8.78 Å². The Morgan fingerprint density at radius 1 is 1.19 bits per heavy atom. The van der Waals surface area contributed by atoms with Crippen LogP contribution in [0, 0.1) is 23.2 Å². The maximum Gasteiger partial charge on any atom is 0.394 e. The van der Waals surface area contributed by atoms with Gasteiger partial charge in [-0.2, -0.15) is 17.2 Å². The Morgan fingerprint density at radius 2 is 1.62 bits per heavy atom. The minimum atomic E-state index is -5.44. The van der Waals surface area contributed by atoms with Gasteiger partial charge >= 0.3 is 15.4 Å². The van der Waals surface area contributed by atoms with Crippen LogP contribution < -0.4 is 0 Å². The SMILES string of the molecule is CC(OCC12CC3CC(CC(C3)C1)C2)C(F)(F)S(=O)(=O)O. The van der Waals surface area contributed by atoms with Gasteiger partial charge in [0.1, 0.15) is 6.10 Å². The lowest BCUT2D eigenvalue weighted by Gasteiger charge is -2.56. The summed E-state index contributed by atoms with van der Waals surface area (Å²) in [5, 5.41) is -4.25. The molecule has 0 heterocycles. The van der Waals surface area contributed by atoms with E-state index in [1.165, 1.54) is 19.3 Å². The normalized spacial score (nSPS) is 40.5. The Morgan fingerprint density at radius 3 is 2.00 bits per heavy atom. The van der Waals surface area contributed by atoms with Gasteiger partial charge in [0, 0.05) is 0 Å². The molecule has 4 fully saturated rings. The molecule has 4 saturated carbocycles. The van der Waals surface area contributed by atoms with E-state index in [0.717, 1.165) is 26.2 Å². The third-order valence-corrected chi connectivity index (χ3v) is 6.64. The monoisotopic (exact) mass is 324 g/mol. The molecule has 1 unspecified atom stereocenters. The van der Waals surface area contributed by atoms with E-state index in [9.17, 15) is 17.2 Å². The lowest BCUT2D eigenvalue weighted by atomic mass is 9.50. The van der Waals surface area contributed by atoms with Crippen molar-refractivity contribution in [3.8, 4) is 0 Å². The number of rotatable bonds is 5. The Hall–Kier alpha value is -0.270. The quantitative estimate of drug-likeness (QED) is 0.789. The fourth-order valence-electron chi connectivity index (χ4n) is 5.08. The topological polar surface area (TPSA) is 63.6 Å². The second kappa shape index (κ2) is 4.86. The summed E-state index contributed by atoms with van der Waals surface area (Å²) in [4.78, 5) is 0. The van der Waals surface area contributed by atoms with Gasteiger partial charge in [0.05, 0.1) is 6.61 Å². The number of alkyl halides is 2. The van der Waals surface area contributed by atoms with Gasteiger partial charge in [-0.25, -0.2) is 0 Å². The maximum absolute atomic E-state index is 13.5. The molecule has 4 nitrogen and oxygen atoms in total. The fourth-order valence-corrected chi connectivity index (χ4v) is 5.56. The lowest BCUT2D eigenvalue weighted by molar-refractivity contribution is -0.142. The molecule has 0 amide bonds. The molecule has 1 atom stereocenters. The van der Waals surface area contributed by atoms with Gasteiger partial charge in [0.25, 0.3) is 0 Å². The Balaban J connectivity index is 1.65. The van der Waals surface area contributed by atoms with Crippen molar-refractivity contribution in [3.63, 3.8) is 0 Å². The summed E-state index contributed by atoms with van der Waals surface area (Å²) in [6.07, 6.45) is 4.91. The molecule has 0 aromatic heterocycles. The van der Waals surface area contributed by atoms with E-state index in [-0.39, 0.29) is 12.0 Å². The standard InChI is InChI=1S/C14H22F2O4S/c1-9(14(15,16)21(17,18)19)20-8-13-5-10-2-11(6-13)4-12(3-10)7-13/h9-12H,2-8H2,1H3,(H,17,18,19). The van der Waals surface area contributed by atoms with Crippen LogP contribution in [0.3, 0.4) is 0 Å². The van der Waals surface area contributed by atoms with Crippen molar-refractivity contribution >= 4 is 10.1 Å². The van der Waals surface area contributed by atoms with Gasteiger partial charge < -0.3 is 4.74 Å². The molecule has 0 radical (unpaired) electrons. The first kappa shape index (κ1) is 15.6. The molecule has 0 aromatic carbocycles. The molecule has 4 rings (SSSR count). The number of hydrogen-bond acceptors (Lipinski definition) is 3. The predicted molar refractivity (Wildman–Crippen MR) is 72.5 cm³/mol. The zero-order chi connectivity index (χ0) is 15.5. The van der Waals surface area contributed by atoms with Gasteiger partial charge in [-0.15, -0.1) is 0 Å². The van der Waals surface area contributed by atoms with Crippen LogP contribution in [0.25, 0.3) is 0 Å². The predicted octanol–water partition coefficient (Wildman–Crippen LogP) is 3.09. The Labute approximate surface area is 124 Å². The molecule has 4 bridgehead atoms. The number of ether oxygens (including phenoxy) is 1. The molecule has 21 heavy (non-hydrogen) atoms. The van der Waals surface area contributed by atoms with Gasteiger partial charge in [-0.05, 0) is 68.6 Å². The smallest absolute Gasteiger partial charge is 0.370 e. The fraction of sp³-hybridized carbons (Fsp3) is 1.00. The van der Waals surface area contributed by atoms with Crippen LogP contribution in [0.1, 0.15) is 45.4 Å².